The third-order valence-electron chi connectivity index (χ3n) is 5.32. The average Bonchev–Trinajstić information content (AvgIpc) is 3.18. The molecular formula is C16H26F3N3O2. The summed E-state index contributed by atoms with van der Waals surface area (Å²) in [6.45, 7) is 2.02. The number of likely N-dealkylation sites (tertiary alicyclic amines) is 2. The van der Waals surface area contributed by atoms with E-state index in [1.807, 2.05) is 0 Å². The average molecular weight is 349 g/mol. The van der Waals surface area contributed by atoms with Crippen LogP contribution in [0.3, 0.4) is 0 Å². The Balaban J connectivity index is 1.38. The molecule has 3 aliphatic heterocycles. The van der Waals surface area contributed by atoms with E-state index in [9.17, 15) is 18.0 Å². The number of hydrogen-bond donors (Lipinski definition) is 1. The molecule has 3 rings (SSSR count). The number of nitrogens with zero attached hydrogens (tertiary/aromatic N) is 2. The lowest BCUT2D eigenvalue weighted by Gasteiger charge is -2.35. The standard InChI is InChI=1S/C16H26F3N3O2/c17-16(18,19)11-21-6-5-13(10-21)20-15(23)22-7-3-12(4-8-22)14-2-1-9-24-14/h12-14H,1-11H2,(H,20,23)/t13-,14+/m0/s1. The predicted molar refractivity (Wildman–Crippen MR) is 82.7 cm³/mol. The summed E-state index contributed by atoms with van der Waals surface area (Å²) in [5.74, 6) is 0.533. The van der Waals surface area contributed by atoms with Gasteiger partial charge in [-0.25, -0.2) is 4.79 Å². The minimum atomic E-state index is -4.18. The van der Waals surface area contributed by atoms with Gasteiger partial charge >= 0.3 is 12.2 Å². The van der Waals surface area contributed by atoms with E-state index in [2.05, 4.69) is 5.32 Å². The number of rotatable bonds is 3. The number of hydrogen-bond acceptors (Lipinski definition) is 3. The maximum absolute atomic E-state index is 12.4. The molecule has 0 aromatic heterocycles. The Morgan fingerprint density at radius 3 is 2.50 bits per heavy atom. The molecule has 0 bridgehead atoms. The molecule has 8 heteroatoms. The summed E-state index contributed by atoms with van der Waals surface area (Å²) in [5.41, 5.74) is 0. The Labute approximate surface area is 140 Å². The number of alkyl halides is 3. The van der Waals surface area contributed by atoms with Crippen molar-refractivity contribution in [3.63, 3.8) is 0 Å². The number of carbonyl (C=O) groups is 1. The largest absolute Gasteiger partial charge is 0.401 e. The first-order valence-electron chi connectivity index (χ1n) is 8.87. The highest BCUT2D eigenvalue weighted by Gasteiger charge is 2.36. The zero-order valence-corrected chi connectivity index (χ0v) is 13.9. The van der Waals surface area contributed by atoms with Crippen molar-refractivity contribution in [1.82, 2.24) is 15.1 Å². The van der Waals surface area contributed by atoms with Crippen molar-refractivity contribution in [2.75, 3.05) is 39.3 Å². The van der Waals surface area contributed by atoms with Gasteiger partial charge < -0.3 is 15.0 Å². The van der Waals surface area contributed by atoms with Gasteiger partial charge in [0.15, 0.2) is 0 Å². The molecule has 3 heterocycles. The van der Waals surface area contributed by atoms with Gasteiger partial charge in [-0.2, -0.15) is 13.2 Å². The number of carbonyl (C=O) groups excluding carboxylic acids is 1. The summed E-state index contributed by atoms with van der Waals surface area (Å²) >= 11 is 0. The van der Waals surface area contributed by atoms with Crippen LogP contribution in [0.25, 0.3) is 0 Å². The number of ether oxygens (including phenoxy) is 1. The van der Waals surface area contributed by atoms with Gasteiger partial charge in [-0.3, -0.25) is 4.90 Å². The number of urea groups is 1. The molecule has 138 valence electrons. The minimum absolute atomic E-state index is 0.139. The summed E-state index contributed by atoms with van der Waals surface area (Å²) in [6, 6.07) is -0.324. The number of piperidine rings is 1. The van der Waals surface area contributed by atoms with Crippen LogP contribution in [0.2, 0.25) is 0 Å². The first-order valence-corrected chi connectivity index (χ1v) is 8.87. The lowest BCUT2D eigenvalue weighted by molar-refractivity contribution is -0.143. The monoisotopic (exact) mass is 349 g/mol. The van der Waals surface area contributed by atoms with Gasteiger partial charge in [-0.05, 0) is 38.0 Å². The molecule has 1 N–H and O–H groups in total. The van der Waals surface area contributed by atoms with Gasteiger partial charge in [0.25, 0.3) is 0 Å². The van der Waals surface area contributed by atoms with E-state index in [0.29, 0.717) is 38.1 Å². The molecule has 3 aliphatic rings. The van der Waals surface area contributed by atoms with Crippen LogP contribution in [0.5, 0.6) is 0 Å². The predicted octanol–water partition coefficient (Wildman–Crippen LogP) is 2.22. The summed E-state index contributed by atoms with van der Waals surface area (Å²) in [5, 5.41) is 2.90. The lowest BCUT2D eigenvalue weighted by atomic mass is 9.90. The molecule has 0 saturated carbocycles. The van der Waals surface area contributed by atoms with Crippen LogP contribution in [0.15, 0.2) is 0 Å². The lowest BCUT2D eigenvalue weighted by Crippen LogP contribution is -2.49. The molecule has 3 fully saturated rings. The van der Waals surface area contributed by atoms with Crippen LogP contribution in [0.4, 0.5) is 18.0 Å². The molecule has 0 spiro atoms. The third-order valence-corrected chi connectivity index (χ3v) is 5.32. The summed E-state index contributed by atoms with van der Waals surface area (Å²) in [4.78, 5) is 15.5. The van der Waals surface area contributed by atoms with E-state index < -0.39 is 12.7 Å². The summed E-state index contributed by atoms with van der Waals surface area (Å²) < 4.78 is 42.9. The van der Waals surface area contributed by atoms with Crippen molar-refractivity contribution >= 4 is 6.03 Å². The Morgan fingerprint density at radius 2 is 1.88 bits per heavy atom. The molecule has 0 aliphatic carbocycles. The van der Waals surface area contributed by atoms with E-state index in [1.165, 1.54) is 4.90 Å². The maximum Gasteiger partial charge on any atom is 0.401 e. The Bertz CT molecular complexity index is 433. The van der Waals surface area contributed by atoms with Gasteiger partial charge in [0.1, 0.15) is 0 Å². The van der Waals surface area contributed by atoms with Crippen molar-refractivity contribution in [2.45, 2.75) is 50.4 Å². The van der Waals surface area contributed by atoms with Gasteiger partial charge in [-0.1, -0.05) is 0 Å². The van der Waals surface area contributed by atoms with Crippen molar-refractivity contribution in [1.29, 1.82) is 0 Å². The van der Waals surface area contributed by atoms with Gasteiger partial charge in [0.05, 0.1) is 12.6 Å². The van der Waals surface area contributed by atoms with Crippen molar-refractivity contribution in [3.05, 3.63) is 0 Å². The van der Waals surface area contributed by atoms with E-state index in [0.717, 1.165) is 32.3 Å². The Morgan fingerprint density at radius 1 is 1.12 bits per heavy atom. The van der Waals surface area contributed by atoms with Crippen LogP contribution < -0.4 is 5.32 Å². The number of halogens is 3. The van der Waals surface area contributed by atoms with Crippen LogP contribution in [0.1, 0.15) is 32.1 Å². The highest BCUT2D eigenvalue weighted by atomic mass is 19.4. The fourth-order valence-corrected chi connectivity index (χ4v) is 4.06. The molecule has 24 heavy (non-hydrogen) atoms. The summed E-state index contributed by atoms with van der Waals surface area (Å²) in [6.07, 6.45) is 0.888. The van der Waals surface area contributed by atoms with Crippen LogP contribution in [0, 0.1) is 5.92 Å². The fraction of sp³-hybridized carbons (Fsp3) is 0.938. The third kappa shape index (κ3) is 4.75. The molecule has 2 atom stereocenters. The molecule has 0 radical (unpaired) electrons. The normalized spacial score (nSPS) is 30.0. The number of nitrogens with one attached hydrogen (secondary N) is 1. The van der Waals surface area contributed by atoms with Crippen LogP contribution in [-0.2, 0) is 4.74 Å². The molecule has 0 aromatic rings. The molecule has 0 aromatic carbocycles. The first-order chi connectivity index (χ1) is 11.4. The highest BCUT2D eigenvalue weighted by Crippen LogP contribution is 2.29. The Hall–Kier alpha value is -1.02. The van der Waals surface area contributed by atoms with Gasteiger partial charge in [0, 0.05) is 38.8 Å². The number of amides is 2. The first kappa shape index (κ1) is 17.8. The fourth-order valence-electron chi connectivity index (χ4n) is 4.06. The Kier molecular flexibility index (Phi) is 5.54. The second-order valence-electron chi connectivity index (χ2n) is 7.16. The van der Waals surface area contributed by atoms with E-state index >= 15 is 0 Å². The minimum Gasteiger partial charge on any atom is -0.378 e. The van der Waals surface area contributed by atoms with E-state index in [-0.39, 0.29) is 18.6 Å². The quantitative estimate of drug-likeness (QED) is 0.850. The van der Waals surface area contributed by atoms with Crippen LogP contribution >= 0.6 is 0 Å². The van der Waals surface area contributed by atoms with Crippen molar-refractivity contribution in [3.8, 4) is 0 Å². The summed E-state index contributed by atoms with van der Waals surface area (Å²) in [7, 11) is 0. The smallest absolute Gasteiger partial charge is 0.378 e. The van der Waals surface area contributed by atoms with Crippen molar-refractivity contribution in [2.24, 2.45) is 5.92 Å². The molecule has 2 amide bonds. The van der Waals surface area contributed by atoms with Gasteiger partial charge in [-0.15, -0.1) is 0 Å². The molecule has 3 saturated heterocycles. The van der Waals surface area contributed by atoms with Crippen LogP contribution in [-0.4, -0.2) is 73.5 Å². The molecule has 5 nitrogen and oxygen atoms in total. The second-order valence-corrected chi connectivity index (χ2v) is 7.16. The topological polar surface area (TPSA) is 44.8 Å². The zero-order chi connectivity index (χ0) is 17.2. The van der Waals surface area contributed by atoms with Crippen molar-refractivity contribution < 1.29 is 22.7 Å². The zero-order valence-electron chi connectivity index (χ0n) is 13.9. The maximum atomic E-state index is 12.4. The highest BCUT2D eigenvalue weighted by molar-refractivity contribution is 5.74. The van der Waals surface area contributed by atoms with Gasteiger partial charge in [0.2, 0.25) is 0 Å². The van der Waals surface area contributed by atoms with E-state index in [1.54, 1.807) is 4.90 Å². The second kappa shape index (κ2) is 7.47. The molecule has 0 unspecified atom stereocenters. The SMILES string of the molecule is O=C(N[C@H]1CCN(CC(F)(F)F)C1)N1CCC([C@H]2CCCO2)CC1. The van der Waals surface area contributed by atoms with E-state index in [4.69, 9.17) is 4.74 Å². The molecular weight excluding hydrogens is 323 g/mol.